The van der Waals surface area contributed by atoms with Crippen molar-refractivity contribution >= 4 is 26.8 Å². The first-order valence-electron chi connectivity index (χ1n) is 8.31. The Morgan fingerprint density at radius 1 is 1.14 bits per heavy atom. The van der Waals surface area contributed by atoms with Crippen LogP contribution in [0.5, 0.6) is 0 Å². The van der Waals surface area contributed by atoms with E-state index < -0.39 is 21.7 Å². The van der Waals surface area contributed by atoms with Crippen LogP contribution in [-0.4, -0.2) is 46.8 Å². The normalized spacial score (nSPS) is 12.0. The molecule has 2 aromatic carbocycles. The molecule has 0 radical (unpaired) electrons. The molecule has 0 bridgehead atoms. The first-order chi connectivity index (χ1) is 13.3. The Morgan fingerprint density at radius 2 is 1.79 bits per heavy atom. The Labute approximate surface area is 162 Å². The van der Waals surface area contributed by atoms with Crippen molar-refractivity contribution in [2.75, 3.05) is 12.0 Å². The predicted octanol–water partition coefficient (Wildman–Crippen LogP) is 1.74. The van der Waals surface area contributed by atoms with Crippen LogP contribution in [0.4, 0.5) is 0 Å². The summed E-state index contributed by atoms with van der Waals surface area (Å²) in [7, 11) is -3.15. The van der Waals surface area contributed by atoms with Gasteiger partial charge in [-0.15, -0.1) is 5.10 Å². The van der Waals surface area contributed by atoms with Gasteiger partial charge in [-0.25, -0.2) is 13.4 Å². The van der Waals surface area contributed by atoms with Gasteiger partial charge in [0.1, 0.15) is 27.5 Å². The number of esters is 1. The van der Waals surface area contributed by atoms with Crippen molar-refractivity contribution in [1.29, 1.82) is 0 Å². The van der Waals surface area contributed by atoms with Gasteiger partial charge in [-0.2, -0.15) is 5.26 Å². The minimum Gasteiger partial charge on any atom is -0.461 e. The Bertz CT molecular complexity index is 1000. The molecule has 0 amide bonds. The van der Waals surface area contributed by atoms with E-state index in [1.54, 1.807) is 25.1 Å². The molecular formula is C18H21N3O6S. The van der Waals surface area contributed by atoms with Gasteiger partial charge in [0.15, 0.2) is 0 Å². The molecule has 0 saturated carbocycles. The number of carbonyl (C=O) groups excluding carboxylic acids is 1. The number of carbonyl (C=O) groups is 1. The molecule has 3 aromatic rings. The first kappa shape index (κ1) is 21.3. The van der Waals surface area contributed by atoms with Crippen molar-refractivity contribution in [3.05, 3.63) is 60.2 Å². The molecule has 0 aliphatic heterocycles. The molecular weight excluding hydrogens is 386 g/mol. The summed E-state index contributed by atoms with van der Waals surface area (Å²) in [4.78, 5) is 16.4. The van der Waals surface area contributed by atoms with E-state index in [0.717, 1.165) is 16.7 Å². The highest BCUT2D eigenvalue weighted by Gasteiger charge is 2.19. The molecule has 0 aliphatic carbocycles. The van der Waals surface area contributed by atoms with E-state index in [1.807, 2.05) is 36.4 Å². The predicted molar refractivity (Wildman–Crippen MR) is 102 cm³/mol. The second-order valence-electron chi connectivity index (χ2n) is 6.12. The summed E-state index contributed by atoms with van der Waals surface area (Å²) in [5, 5.41) is 15.5. The highest BCUT2D eigenvalue weighted by Crippen LogP contribution is 2.08. The lowest BCUT2D eigenvalue weighted by Gasteiger charge is -2.10. The van der Waals surface area contributed by atoms with Crippen LogP contribution in [0, 0.1) is 5.92 Å². The summed E-state index contributed by atoms with van der Waals surface area (Å²) in [5.41, 5.74) is 2.20. The van der Waals surface area contributed by atoms with E-state index in [0.29, 0.717) is 11.0 Å². The van der Waals surface area contributed by atoms with Crippen molar-refractivity contribution in [2.24, 2.45) is 5.92 Å². The molecule has 1 aromatic heterocycles. The lowest BCUT2D eigenvalue weighted by Crippen LogP contribution is -2.22. The molecule has 9 nitrogen and oxygen atoms in total. The molecule has 1 atom stereocenters. The van der Waals surface area contributed by atoms with Gasteiger partial charge < -0.3 is 4.74 Å². The minimum absolute atomic E-state index is 0.174. The number of hydrogen-bond donors (Lipinski definition) is 1. The smallest absolute Gasteiger partial charge is 0.310 e. The quantitative estimate of drug-likeness (QED) is 0.373. The maximum atomic E-state index is 11.5. The number of fused-ring (bicyclic) bond motifs is 1. The van der Waals surface area contributed by atoms with Gasteiger partial charge in [0.2, 0.25) is 0 Å². The van der Waals surface area contributed by atoms with E-state index in [9.17, 15) is 13.2 Å². The summed E-state index contributed by atoms with van der Waals surface area (Å²) < 4.78 is 27.1. The molecule has 1 heterocycles. The molecule has 150 valence electrons. The number of benzene rings is 2. The van der Waals surface area contributed by atoms with E-state index in [-0.39, 0.29) is 12.4 Å². The third-order valence-corrected chi connectivity index (χ3v) is 4.68. The summed E-state index contributed by atoms with van der Waals surface area (Å²) in [6.45, 7) is 1.72. The van der Waals surface area contributed by atoms with E-state index >= 15 is 0 Å². The fourth-order valence-electron chi connectivity index (χ4n) is 2.30. The maximum Gasteiger partial charge on any atom is 0.310 e. The number of sulfone groups is 1. The fraction of sp³-hybridized carbons (Fsp3) is 0.278. The number of aromatic nitrogens is 3. The number of nitrogens with zero attached hydrogens (tertiary/aromatic N) is 3. The average Bonchev–Trinajstić information content (AvgIpc) is 3.09. The SMILES string of the molecule is CC(CS(C)(=O)=O)C(=O)OCc1ccccc1.OOn1nnc2ccccc21. The van der Waals surface area contributed by atoms with Gasteiger partial charge in [-0.05, 0) is 27.8 Å². The Hall–Kier alpha value is -2.98. The Balaban J connectivity index is 0.000000218. The van der Waals surface area contributed by atoms with Crippen LogP contribution < -0.4 is 4.99 Å². The van der Waals surface area contributed by atoms with Gasteiger partial charge in [0, 0.05) is 6.26 Å². The van der Waals surface area contributed by atoms with E-state index in [4.69, 9.17) is 9.99 Å². The Kier molecular flexibility index (Phi) is 7.47. The van der Waals surface area contributed by atoms with Gasteiger partial charge in [-0.1, -0.05) is 49.4 Å². The standard InChI is InChI=1S/C12H16O4S.C6H5N3O2/c1-10(9-17(2,14)15)12(13)16-8-11-6-4-3-5-7-11;10-11-9-6-4-2-1-3-5(6)7-8-9/h3-7,10H,8-9H2,1-2H3;1-4,10H. The van der Waals surface area contributed by atoms with Crippen molar-refractivity contribution in [1.82, 2.24) is 15.2 Å². The summed E-state index contributed by atoms with van der Waals surface area (Å²) in [6.07, 6.45) is 1.11. The zero-order valence-electron chi connectivity index (χ0n) is 15.4. The van der Waals surface area contributed by atoms with Crippen LogP contribution in [0.2, 0.25) is 0 Å². The maximum absolute atomic E-state index is 11.5. The Morgan fingerprint density at radius 3 is 2.43 bits per heavy atom. The van der Waals surface area contributed by atoms with Gasteiger partial charge in [0.25, 0.3) is 0 Å². The molecule has 0 fully saturated rings. The second-order valence-corrected chi connectivity index (χ2v) is 8.30. The number of ether oxygens (including phenoxy) is 1. The molecule has 28 heavy (non-hydrogen) atoms. The van der Waals surface area contributed by atoms with Crippen LogP contribution >= 0.6 is 0 Å². The molecule has 3 rings (SSSR count). The van der Waals surface area contributed by atoms with Crippen molar-refractivity contribution in [3.8, 4) is 0 Å². The van der Waals surface area contributed by atoms with E-state index in [2.05, 4.69) is 15.3 Å². The number of para-hydroxylation sites is 1. The van der Waals surface area contributed by atoms with Crippen molar-refractivity contribution < 1.29 is 28.2 Å². The third-order valence-electron chi connectivity index (χ3n) is 3.58. The van der Waals surface area contributed by atoms with Gasteiger partial charge in [-0.3, -0.25) is 4.79 Å². The van der Waals surface area contributed by atoms with Crippen LogP contribution in [0.25, 0.3) is 11.0 Å². The zero-order chi connectivity index (χ0) is 20.6. The first-order valence-corrected chi connectivity index (χ1v) is 10.4. The molecule has 0 aliphatic rings. The van der Waals surface area contributed by atoms with Crippen LogP contribution in [0.1, 0.15) is 12.5 Å². The molecule has 0 spiro atoms. The summed E-state index contributed by atoms with van der Waals surface area (Å²) >= 11 is 0. The van der Waals surface area contributed by atoms with Crippen LogP contribution in [0.15, 0.2) is 54.6 Å². The highest BCUT2D eigenvalue weighted by molar-refractivity contribution is 7.90. The highest BCUT2D eigenvalue weighted by atomic mass is 32.2. The summed E-state index contributed by atoms with van der Waals surface area (Å²) in [6, 6.07) is 16.4. The molecule has 1 N–H and O–H groups in total. The molecule has 0 saturated heterocycles. The van der Waals surface area contributed by atoms with Crippen molar-refractivity contribution in [3.63, 3.8) is 0 Å². The topological polar surface area (TPSA) is 121 Å². The number of hydrogen-bond acceptors (Lipinski definition) is 8. The number of rotatable bonds is 6. The lowest BCUT2D eigenvalue weighted by atomic mass is 10.2. The summed E-state index contributed by atoms with van der Waals surface area (Å²) in [5.74, 6) is -1.30. The zero-order valence-corrected chi connectivity index (χ0v) is 16.2. The lowest BCUT2D eigenvalue weighted by molar-refractivity contribution is -0.250. The molecule has 1 unspecified atom stereocenters. The van der Waals surface area contributed by atoms with E-state index in [1.165, 1.54) is 0 Å². The monoisotopic (exact) mass is 407 g/mol. The van der Waals surface area contributed by atoms with Crippen LogP contribution in [-0.2, 0) is 26.0 Å². The third kappa shape index (κ3) is 6.63. The minimum atomic E-state index is -3.15. The fourth-order valence-corrected chi connectivity index (χ4v) is 3.35. The van der Waals surface area contributed by atoms with Gasteiger partial charge >= 0.3 is 5.97 Å². The van der Waals surface area contributed by atoms with Crippen molar-refractivity contribution in [2.45, 2.75) is 13.5 Å². The van der Waals surface area contributed by atoms with Gasteiger partial charge in [0.05, 0.1) is 11.7 Å². The van der Waals surface area contributed by atoms with Crippen LogP contribution in [0.3, 0.4) is 0 Å². The average molecular weight is 407 g/mol. The second kappa shape index (κ2) is 9.81. The molecule has 10 heteroatoms. The largest absolute Gasteiger partial charge is 0.461 e.